The zero-order valence-corrected chi connectivity index (χ0v) is 15.0. The molecule has 1 fully saturated rings. The number of aromatic amines is 1. The Morgan fingerprint density at radius 2 is 1.96 bits per heavy atom. The number of nitrogens with zero attached hydrogens (tertiary/aromatic N) is 1. The summed E-state index contributed by atoms with van der Waals surface area (Å²) in [5.41, 5.74) is 2.55. The number of methoxy groups -OCH3 is 1. The summed E-state index contributed by atoms with van der Waals surface area (Å²) in [5, 5.41) is 1.02. The number of likely N-dealkylation sites (tertiary alicyclic amines) is 1. The Balaban J connectivity index is 1.51. The van der Waals surface area contributed by atoms with Crippen LogP contribution in [0.2, 0.25) is 0 Å². The fraction of sp³-hybridized carbons (Fsp3) is 0.286. The lowest BCUT2D eigenvalue weighted by Gasteiger charge is -2.17. The van der Waals surface area contributed by atoms with Gasteiger partial charge in [0, 0.05) is 23.9 Å². The molecule has 0 spiro atoms. The van der Waals surface area contributed by atoms with E-state index in [1.165, 1.54) is 0 Å². The molecule has 1 aliphatic heterocycles. The van der Waals surface area contributed by atoms with E-state index in [1.54, 1.807) is 7.11 Å². The summed E-state index contributed by atoms with van der Waals surface area (Å²) in [4.78, 5) is 18.1. The van der Waals surface area contributed by atoms with E-state index in [-0.39, 0.29) is 12.0 Å². The molecule has 134 valence electrons. The number of carbonyl (C=O) groups excluding carboxylic acids is 1. The van der Waals surface area contributed by atoms with Gasteiger partial charge in [-0.1, -0.05) is 18.2 Å². The van der Waals surface area contributed by atoms with Gasteiger partial charge in [-0.2, -0.15) is 0 Å². The maximum atomic E-state index is 13.0. The van der Waals surface area contributed by atoms with Crippen LogP contribution < -0.4 is 9.47 Å². The Morgan fingerprint density at radius 3 is 2.73 bits per heavy atom. The van der Waals surface area contributed by atoms with Crippen molar-refractivity contribution in [3.63, 3.8) is 0 Å². The summed E-state index contributed by atoms with van der Waals surface area (Å²) < 4.78 is 11.3. The van der Waals surface area contributed by atoms with E-state index in [4.69, 9.17) is 9.47 Å². The zero-order valence-electron chi connectivity index (χ0n) is 15.0. The highest BCUT2D eigenvalue weighted by Gasteiger charge is 2.30. The molecular formula is C21H22N2O3. The van der Waals surface area contributed by atoms with Crippen LogP contribution in [-0.2, 0) is 0 Å². The number of carbonyl (C=O) groups is 1. The van der Waals surface area contributed by atoms with Gasteiger partial charge in [0.25, 0.3) is 5.91 Å². The second-order valence-corrected chi connectivity index (χ2v) is 6.63. The van der Waals surface area contributed by atoms with Gasteiger partial charge in [-0.05, 0) is 42.8 Å². The number of benzene rings is 2. The van der Waals surface area contributed by atoms with Gasteiger partial charge in [-0.3, -0.25) is 4.79 Å². The number of nitrogens with one attached hydrogen (secondary N) is 1. The maximum Gasteiger partial charge on any atom is 0.270 e. The lowest BCUT2D eigenvalue weighted by Crippen LogP contribution is -2.31. The average Bonchev–Trinajstić information content (AvgIpc) is 3.26. The molecule has 3 aromatic rings. The van der Waals surface area contributed by atoms with Gasteiger partial charge in [-0.25, -0.2) is 0 Å². The van der Waals surface area contributed by atoms with Gasteiger partial charge in [0.2, 0.25) is 0 Å². The third-order valence-corrected chi connectivity index (χ3v) is 4.96. The smallest absolute Gasteiger partial charge is 0.270 e. The zero-order chi connectivity index (χ0) is 18.1. The number of ether oxygens (including phenoxy) is 2. The first-order chi connectivity index (χ1) is 12.7. The van der Waals surface area contributed by atoms with Crippen molar-refractivity contribution in [2.45, 2.75) is 19.4 Å². The van der Waals surface area contributed by atoms with Crippen molar-refractivity contribution < 1.29 is 14.3 Å². The minimum absolute atomic E-state index is 0.0248. The molecule has 0 saturated carbocycles. The van der Waals surface area contributed by atoms with E-state index in [1.807, 2.05) is 60.4 Å². The fourth-order valence-corrected chi connectivity index (χ4v) is 3.51. The quantitative estimate of drug-likeness (QED) is 0.779. The average molecular weight is 350 g/mol. The summed E-state index contributed by atoms with van der Waals surface area (Å²) in [6, 6.07) is 15.6. The van der Waals surface area contributed by atoms with Crippen LogP contribution in [0.5, 0.6) is 11.5 Å². The van der Waals surface area contributed by atoms with Crippen molar-refractivity contribution in [2.75, 3.05) is 20.2 Å². The highest BCUT2D eigenvalue weighted by molar-refractivity contribution is 6.01. The standard InChI is InChI=1S/C21H22N2O3/c1-14-18-12-16(25-2)8-9-19(18)22-20(14)21(24)23-11-10-17(13-23)26-15-6-4-3-5-7-15/h3-9,12,17,22H,10-11,13H2,1-2H3/t17-/m1/s1. The third-order valence-electron chi connectivity index (χ3n) is 4.96. The van der Waals surface area contributed by atoms with Crippen LogP contribution in [0.1, 0.15) is 22.5 Å². The van der Waals surface area contributed by atoms with Crippen molar-refractivity contribution in [1.82, 2.24) is 9.88 Å². The molecular weight excluding hydrogens is 328 g/mol. The summed E-state index contributed by atoms with van der Waals surface area (Å²) in [6.07, 6.45) is 0.874. The minimum atomic E-state index is 0.0248. The van der Waals surface area contributed by atoms with Crippen LogP contribution in [0.3, 0.4) is 0 Å². The van der Waals surface area contributed by atoms with E-state index in [9.17, 15) is 4.79 Å². The number of aromatic nitrogens is 1. The van der Waals surface area contributed by atoms with Crippen molar-refractivity contribution in [3.05, 3.63) is 59.8 Å². The normalized spacial score (nSPS) is 16.8. The highest BCUT2D eigenvalue weighted by atomic mass is 16.5. The predicted molar refractivity (Wildman–Crippen MR) is 101 cm³/mol. The van der Waals surface area contributed by atoms with Crippen molar-refractivity contribution >= 4 is 16.8 Å². The Morgan fingerprint density at radius 1 is 1.15 bits per heavy atom. The first-order valence-electron chi connectivity index (χ1n) is 8.83. The summed E-state index contributed by atoms with van der Waals surface area (Å²) in [5.74, 6) is 1.66. The predicted octanol–water partition coefficient (Wildman–Crippen LogP) is 3.78. The molecule has 4 rings (SSSR count). The molecule has 2 aromatic carbocycles. The second kappa shape index (κ2) is 6.75. The molecule has 1 amide bonds. The van der Waals surface area contributed by atoms with Crippen LogP contribution in [0.15, 0.2) is 48.5 Å². The van der Waals surface area contributed by atoms with Gasteiger partial charge in [0.15, 0.2) is 0 Å². The van der Waals surface area contributed by atoms with Gasteiger partial charge in [-0.15, -0.1) is 0 Å². The number of amides is 1. The van der Waals surface area contributed by atoms with Crippen LogP contribution in [0.4, 0.5) is 0 Å². The summed E-state index contributed by atoms with van der Waals surface area (Å²) in [7, 11) is 1.65. The molecule has 0 radical (unpaired) electrons. The van der Waals surface area contributed by atoms with Crippen LogP contribution >= 0.6 is 0 Å². The van der Waals surface area contributed by atoms with E-state index < -0.39 is 0 Å². The van der Waals surface area contributed by atoms with Crippen molar-refractivity contribution in [2.24, 2.45) is 0 Å². The molecule has 0 unspecified atom stereocenters. The highest BCUT2D eigenvalue weighted by Crippen LogP contribution is 2.28. The number of H-pyrrole nitrogens is 1. The molecule has 5 nitrogen and oxygen atoms in total. The van der Waals surface area contributed by atoms with Crippen LogP contribution in [0.25, 0.3) is 10.9 Å². The minimum Gasteiger partial charge on any atom is -0.497 e. The topological polar surface area (TPSA) is 54.6 Å². The number of hydrogen-bond acceptors (Lipinski definition) is 3. The number of hydrogen-bond donors (Lipinski definition) is 1. The maximum absolute atomic E-state index is 13.0. The van der Waals surface area contributed by atoms with E-state index in [0.29, 0.717) is 18.8 Å². The van der Waals surface area contributed by atoms with Crippen LogP contribution in [-0.4, -0.2) is 42.1 Å². The van der Waals surface area contributed by atoms with E-state index >= 15 is 0 Å². The molecule has 26 heavy (non-hydrogen) atoms. The fourth-order valence-electron chi connectivity index (χ4n) is 3.51. The summed E-state index contributed by atoms with van der Waals surface area (Å²) in [6.45, 7) is 3.28. The Kier molecular flexibility index (Phi) is 4.29. The molecule has 0 aliphatic carbocycles. The number of para-hydroxylation sites is 1. The molecule has 2 heterocycles. The van der Waals surface area contributed by atoms with Gasteiger partial charge >= 0.3 is 0 Å². The first-order valence-corrected chi connectivity index (χ1v) is 8.83. The number of rotatable bonds is 4. The summed E-state index contributed by atoms with van der Waals surface area (Å²) >= 11 is 0. The molecule has 5 heteroatoms. The molecule has 1 N–H and O–H groups in total. The largest absolute Gasteiger partial charge is 0.497 e. The van der Waals surface area contributed by atoms with Crippen LogP contribution in [0, 0.1) is 6.92 Å². The van der Waals surface area contributed by atoms with Crippen molar-refractivity contribution in [3.8, 4) is 11.5 Å². The molecule has 0 bridgehead atoms. The van der Waals surface area contributed by atoms with Gasteiger partial charge < -0.3 is 19.4 Å². The van der Waals surface area contributed by atoms with Crippen molar-refractivity contribution in [1.29, 1.82) is 0 Å². The number of fused-ring (bicyclic) bond motifs is 1. The van der Waals surface area contributed by atoms with E-state index in [2.05, 4.69) is 4.98 Å². The Labute approximate surface area is 152 Å². The molecule has 1 saturated heterocycles. The van der Waals surface area contributed by atoms with Gasteiger partial charge in [0.05, 0.1) is 13.7 Å². The third kappa shape index (κ3) is 3.01. The number of aryl methyl sites for hydroxylation is 1. The monoisotopic (exact) mass is 350 g/mol. The first kappa shape index (κ1) is 16.5. The molecule has 1 aromatic heterocycles. The van der Waals surface area contributed by atoms with E-state index in [0.717, 1.165) is 34.4 Å². The molecule has 1 aliphatic rings. The lowest BCUT2D eigenvalue weighted by atomic mass is 10.1. The van der Waals surface area contributed by atoms with Gasteiger partial charge in [0.1, 0.15) is 23.3 Å². The lowest BCUT2D eigenvalue weighted by molar-refractivity contribution is 0.0767. The second-order valence-electron chi connectivity index (χ2n) is 6.63. The Bertz CT molecular complexity index is 933. The molecule has 1 atom stereocenters. The Hall–Kier alpha value is -2.95. The SMILES string of the molecule is COc1ccc2[nH]c(C(=O)N3CC[C@@H](Oc4ccccc4)C3)c(C)c2c1.